The van der Waals surface area contributed by atoms with E-state index in [2.05, 4.69) is 10.3 Å². The van der Waals surface area contributed by atoms with E-state index in [9.17, 15) is 19.5 Å². The molecule has 0 saturated heterocycles. The summed E-state index contributed by atoms with van der Waals surface area (Å²) in [6.45, 7) is 3.10. The predicted octanol–water partition coefficient (Wildman–Crippen LogP) is 2.59. The maximum Gasteiger partial charge on any atom is 0.322 e. The largest absolute Gasteiger partial charge is 0.493 e. The first-order valence-corrected chi connectivity index (χ1v) is 10.4. The molecular formula is C22H27N3O6. The summed E-state index contributed by atoms with van der Waals surface area (Å²) in [7, 11) is 0. The summed E-state index contributed by atoms with van der Waals surface area (Å²) < 4.78 is 7.07. The molecule has 1 aromatic carbocycles. The molecule has 9 heteroatoms. The van der Waals surface area contributed by atoms with Crippen LogP contribution in [0.15, 0.2) is 29.1 Å². The highest BCUT2D eigenvalue weighted by atomic mass is 16.5. The molecule has 0 unspecified atom stereocenters. The van der Waals surface area contributed by atoms with Crippen molar-refractivity contribution in [3.05, 3.63) is 46.0 Å². The number of carbonyl (C=O) groups excluding carboxylic acids is 1. The molecule has 1 saturated carbocycles. The van der Waals surface area contributed by atoms with E-state index in [-0.39, 0.29) is 12.0 Å². The average molecular weight is 429 g/mol. The molecule has 2 aromatic rings. The van der Waals surface area contributed by atoms with Crippen LogP contribution >= 0.6 is 0 Å². The molecular weight excluding hydrogens is 402 g/mol. The van der Waals surface area contributed by atoms with Gasteiger partial charge in [-0.2, -0.15) is 4.98 Å². The fraction of sp³-hybridized carbons (Fsp3) is 0.455. The van der Waals surface area contributed by atoms with Crippen LogP contribution in [0.2, 0.25) is 0 Å². The lowest BCUT2D eigenvalue weighted by Gasteiger charge is -2.25. The lowest BCUT2D eigenvalue weighted by atomic mass is 9.88. The monoisotopic (exact) mass is 429 g/mol. The summed E-state index contributed by atoms with van der Waals surface area (Å²) >= 11 is 0. The number of amides is 1. The molecule has 9 nitrogen and oxygen atoms in total. The Morgan fingerprint density at radius 3 is 2.61 bits per heavy atom. The van der Waals surface area contributed by atoms with Gasteiger partial charge in [-0.05, 0) is 38.8 Å². The Bertz CT molecular complexity index is 1020. The van der Waals surface area contributed by atoms with Crippen LogP contribution < -0.4 is 15.6 Å². The number of ether oxygens (including phenoxy) is 1. The lowest BCUT2D eigenvalue weighted by molar-refractivity contribution is -0.135. The second-order valence-corrected chi connectivity index (χ2v) is 7.88. The molecule has 0 atom stereocenters. The summed E-state index contributed by atoms with van der Waals surface area (Å²) in [6, 6.07) is 6.90. The zero-order valence-electron chi connectivity index (χ0n) is 17.6. The molecule has 31 heavy (non-hydrogen) atoms. The number of nitrogens with zero attached hydrogens (tertiary/aromatic N) is 2. The van der Waals surface area contributed by atoms with E-state index in [4.69, 9.17) is 9.84 Å². The number of hydrogen-bond donors (Lipinski definition) is 3. The highest BCUT2D eigenvalue weighted by molar-refractivity contribution is 5.97. The van der Waals surface area contributed by atoms with Crippen LogP contribution in [-0.2, 0) is 4.79 Å². The van der Waals surface area contributed by atoms with Crippen LogP contribution in [0.3, 0.4) is 0 Å². The second-order valence-electron chi connectivity index (χ2n) is 7.88. The van der Waals surface area contributed by atoms with E-state index in [0.29, 0.717) is 17.3 Å². The van der Waals surface area contributed by atoms with Crippen molar-refractivity contribution in [3.8, 4) is 17.3 Å². The number of aliphatic carboxylic acids is 1. The van der Waals surface area contributed by atoms with Crippen LogP contribution in [0.25, 0.3) is 5.69 Å². The number of carboxylic acids is 1. The second kappa shape index (κ2) is 9.63. The van der Waals surface area contributed by atoms with Crippen molar-refractivity contribution in [2.75, 3.05) is 6.54 Å². The van der Waals surface area contributed by atoms with Gasteiger partial charge in [-0.15, -0.1) is 0 Å². The molecule has 3 N–H and O–H groups in total. The third-order valence-electron chi connectivity index (χ3n) is 5.14. The van der Waals surface area contributed by atoms with Crippen LogP contribution in [0.1, 0.15) is 68.1 Å². The summed E-state index contributed by atoms with van der Waals surface area (Å²) in [6.07, 6.45) is 4.63. The van der Waals surface area contributed by atoms with Crippen molar-refractivity contribution in [1.82, 2.24) is 14.9 Å². The molecule has 1 aliphatic rings. The number of benzene rings is 1. The first-order chi connectivity index (χ1) is 14.8. The molecule has 1 aliphatic carbocycles. The maximum absolute atomic E-state index is 13.4. The number of nitrogens with one attached hydrogen (secondary N) is 1. The minimum Gasteiger partial charge on any atom is -0.493 e. The maximum atomic E-state index is 13.4. The van der Waals surface area contributed by atoms with E-state index in [1.807, 2.05) is 13.8 Å². The quantitative estimate of drug-likeness (QED) is 0.616. The van der Waals surface area contributed by atoms with E-state index in [0.717, 1.165) is 32.1 Å². The third kappa shape index (κ3) is 5.22. The van der Waals surface area contributed by atoms with Gasteiger partial charge >= 0.3 is 5.97 Å². The molecule has 0 bridgehead atoms. The van der Waals surface area contributed by atoms with Crippen LogP contribution in [-0.4, -0.2) is 44.3 Å². The Balaban J connectivity index is 2.16. The zero-order valence-corrected chi connectivity index (χ0v) is 17.6. The first kappa shape index (κ1) is 22.3. The minimum absolute atomic E-state index is 0.0434. The van der Waals surface area contributed by atoms with Crippen molar-refractivity contribution in [1.29, 1.82) is 0 Å². The Kier molecular flexibility index (Phi) is 6.94. The van der Waals surface area contributed by atoms with Gasteiger partial charge in [0, 0.05) is 12.0 Å². The van der Waals surface area contributed by atoms with Crippen molar-refractivity contribution < 1.29 is 24.5 Å². The molecule has 0 spiro atoms. The number of carbonyl (C=O) groups is 2. The normalized spacial score (nSPS) is 14.4. The van der Waals surface area contributed by atoms with Crippen molar-refractivity contribution in [2.45, 2.75) is 58.0 Å². The number of aromatic hydroxyl groups is 1. The van der Waals surface area contributed by atoms with Crippen LogP contribution in [0, 0.1) is 0 Å². The first-order valence-electron chi connectivity index (χ1n) is 10.4. The van der Waals surface area contributed by atoms with Crippen molar-refractivity contribution >= 4 is 11.9 Å². The molecule has 0 radical (unpaired) electrons. The molecule has 1 fully saturated rings. The van der Waals surface area contributed by atoms with E-state index in [1.54, 1.807) is 24.3 Å². The summed E-state index contributed by atoms with van der Waals surface area (Å²) in [5.74, 6) is -2.05. The topological polar surface area (TPSA) is 131 Å². The molecule has 1 heterocycles. The zero-order chi connectivity index (χ0) is 22.5. The standard InChI is InChI=1S/C22H27N3O6/c1-13(2)31-16-10-6-9-15(11-16)25-19(14-7-4-3-5-8-14)24-21(29)18(22(25)30)20(28)23-12-17(26)27/h6,9-11,13-14,29H,3-5,7-8,12H2,1-2H3,(H,23,28)(H,26,27). The minimum atomic E-state index is -1.27. The fourth-order valence-electron chi connectivity index (χ4n) is 3.82. The van der Waals surface area contributed by atoms with E-state index >= 15 is 0 Å². The average Bonchev–Trinajstić information content (AvgIpc) is 2.72. The smallest absolute Gasteiger partial charge is 0.322 e. The summed E-state index contributed by atoms with van der Waals surface area (Å²) in [4.78, 5) is 40.9. The highest BCUT2D eigenvalue weighted by Crippen LogP contribution is 2.33. The van der Waals surface area contributed by atoms with Gasteiger partial charge in [0.15, 0.2) is 5.56 Å². The van der Waals surface area contributed by atoms with Gasteiger partial charge in [-0.3, -0.25) is 19.0 Å². The fourth-order valence-corrected chi connectivity index (χ4v) is 3.82. The Hall–Kier alpha value is -3.36. The molecule has 3 rings (SSSR count). The molecule has 166 valence electrons. The predicted molar refractivity (Wildman–Crippen MR) is 113 cm³/mol. The van der Waals surface area contributed by atoms with Gasteiger partial charge < -0.3 is 20.3 Å². The van der Waals surface area contributed by atoms with E-state index in [1.165, 1.54) is 4.57 Å². The number of rotatable bonds is 7. The van der Waals surface area contributed by atoms with Gasteiger partial charge in [0.25, 0.3) is 11.5 Å². The van der Waals surface area contributed by atoms with E-state index < -0.39 is 35.4 Å². The molecule has 1 aromatic heterocycles. The van der Waals surface area contributed by atoms with Gasteiger partial charge in [0.05, 0.1) is 11.8 Å². The number of aromatic nitrogens is 2. The van der Waals surface area contributed by atoms with Crippen molar-refractivity contribution in [2.24, 2.45) is 0 Å². The molecule has 1 amide bonds. The van der Waals surface area contributed by atoms with Crippen LogP contribution in [0.4, 0.5) is 0 Å². The highest BCUT2D eigenvalue weighted by Gasteiger charge is 2.28. The van der Waals surface area contributed by atoms with Gasteiger partial charge in [0.2, 0.25) is 5.88 Å². The van der Waals surface area contributed by atoms with Gasteiger partial charge in [-0.25, -0.2) is 0 Å². The summed E-state index contributed by atoms with van der Waals surface area (Å²) in [5, 5.41) is 21.4. The number of hydrogen-bond acceptors (Lipinski definition) is 6. The molecule has 0 aliphatic heterocycles. The van der Waals surface area contributed by atoms with Crippen LogP contribution in [0.5, 0.6) is 11.6 Å². The van der Waals surface area contributed by atoms with Crippen molar-refractivity contribution in [3.63, 3.8) is 0 Å². The SMILES string of the molecule is CC(C)Oc1cccc(-n2c(C3CCCCC3)nc(O)c(C(=O)NCC(=O)O)c2=O)c1. The Labute approximate surface area is 179 Å². The Morgan fingerprint density at radius 1 is 1.26 bits per heavy atom. The summed E-state index contributed by atoms with van der Waals surface area (Å²) in [5.41, 5.74) is -0.878. The Morgan fingerprint density at radius 2 is 1.97 bits per heavy atom. The van der Waals surface area contributed by atoms with Gasteiger partial charge in [0.1, 0.15) is 18.1 Å². The third-order valence-corrected chi connectivity index (χ3v) is 5.14. The van der Waals surface area contributed by atoms with Gasteiger partial charge in [-0.1, -0.05) is 25.3 Å². The number of carboxylic acid groups (broad SMARTS) is 1. The lowest BCUT2D eigenvalue weighted by Crippen LogP contribution is -2.37.